The summed E-state index contributed by atoms with van der Waals surface area (Å²) >= 11 is 0. The van der Waals surface area contributed by atoms with Gasteiger partial charge < -0.3 is 15.6 Å². The van der Waals surface area contributed by atoms with Crippen molar-refractivity contribution in [3.63, 3.8) is 0 Å². The second-order valence-electron chi connectivity index (χ2n) is 5.49. The van der Waals surface area contributed by atoms with Crippen LogP contribution in [0.5, 0.6) is 5.75 Å². The molecule has 0 saturated heterocycles. The number of carbonyl (C=O) groups is 1. The number of aryl methyl sites for hydroxylation is 2. The Bertz CT molecular complexity index is 506. The molecule has 104 valence electrons. The zero-order valence-corrected chi connectivity index (χ0v) is 11.7. The number of carboxylic acid groups (broad SMARTS) is 1. The molecule has 4 nitrogen and oxygen atoms in total. The highest BCUT2D eigenvalue weighted by Crippen LogP contribution is 2.51. The first-order valence-corrected chi connectivity index (χ1v) is 6.56. The second kappa shape index (κ2) is 4.85. The third-order valence-corrected chi connectivity index (χ3v) is 4.29. The van der Waals surface area contributed by atoms with Gasteiger partial charge >= 0.3 is 5.97 Å². The van der Waals surface area contributed by atoms with Gasteiger partial charge in [-0.25, -0.2) is 0 Å². The maximum Gasteiger partial charge on any atom is 0.311 e. The Hall–Kier alpha value is -1.55. The topological polar surface area (TPSA) is 72.5 Å². The minimum Gasteiger partial charge on any atom is -0.496 e. The van der Waals surface area contributed by atoms with Crippen LogP contribution in [0.1, 0.15) is 42.0 Å². The molecule has 1 aromatic rings. The lowest BCUT2D eigenvalue weighted by molar-refractivity contribution is -0.156. The van der Waals surface area contributed by atoms with Crippen molar-refractivity contribution in [2.24, 2.45) is 11.1 Å². The van der Waals surface area contributed by atoms with Crippen LogP contribution in [0.3, 0.4) is 0 Å². The van der Waals surface area contributed by atoms with Crippen LogP contribution in [0.4, 0.5) is 0 Å². The van der Waals surface area contributed by atoms with E-state index in [1.807, 2.05) is 26.0 Å². The van der Waals surface area contributed by atoms with Crippen molar-refractivity contribution in [1.29, 1.82) is 0 Å². The highest BCUT2D eigenvalue weighted by Gasteiger charge is 2.50. The molecular weight excluding hydrogens is 242 g/mol. The zero-order chi connectivity index (χ0) is 14.2. The number of methoxy groups -OCH3 is 1. The van der Waals surface area contributed by atoms with E-state index >= 15 is 0 Å². The first-order chi connectivity index (χ1) is 8.92. The highest BCUT2D eigenvalue weighted by molar-refractivity contribution is 5.77. The van der Waals surface area contributed by atoms with Crippen molar-refractivity contribution in [2.75, 3.05) is 7.11 Å². The fourth-order valence-corrected chi connectivity index (χ4v) is 3.00. The Morgan fingerprint density at radius 1 is 1.42 bits per heavy atom. The van der Waals surface area contributed by atoms with Crippen molar-refractivity contribution in [3.05, 3.63) is 28.8 Å². The lowest BCUT2D eigenvalue weighted by atomic mass is 9.62. The van der Waals surface area contributed by atoms with Gasteiger partial charge in [-0.3, -0.25) is 4.79 Å². The zero-order valence-electron chi connectivity index (χ0n) is 11.7. The lowest BCUT2D eigenvalue weighted by Gasteiger charge is -2.43. The molecule has 1 unspecified atom stereocenters. The van der Waals surface area contributed by atoms with Gasteiger partial charge in [-0.15, -0.1) is 0 Å². The third kappa shape index (κ3) is 2.10. The summed E-state index contributed by atoms with van der Waals surface area (Å²) in [6.45, 7) is 3.94. The van der Waals surface area contributed by atoms with Gasteiger partial charge in [0.05, 0.1) is 12.5 Å². The van der Waals surface area contributed by atoms with E-state index < -0.39 is 17.4 Å². The largest absolute Gasteiger partial charge is 0.496 e. The van der Waals surface area contributed by atoms with Crippen molar-refractivity contribution in [1.82, 2.24) is 0 Å². The van der Waals surface area contributed by atoms with Gasteiger partial charge in [-0.05, 0) is 43.9 Å². The van der Waals surface area contributed by atoms with Crippen molar-refractivity contribution >= 4 is 5.97 Å². The molecule has 3 N–H and O–H groups in total. The molecule has 0 radical (unpaired) electrons. The maximum atomic E-state index is 11.6. The van der Waals surface area contributed by atoms with Crippen LogP contribution >= 0.6 is 0 Å². The summed E-state index contributed by atoms with van der Waals surface area (Å²) in [6.07, 6.45) is 2.20. The van der Waals surface area contributed by atoms with E-state index in [4.69, 9.17) is 10.5 Å². The Morgan fingerprint density at radius 3 is 2.47 bits per heavy atom. The van der Waals surface area contributed by atoms with Crippen LogP contribution < -0.4 is 10.5 Å². The molecule has 2 rings (SSSR count). The summed E-state index contributed by atoms with van der Waals surface area (Å²) in [6, 6.07) is 3.41. The molecule has 1 saturated carbocycles. The molecule has 0 bridgehead atoms. The number of hydrogen-bond acceptors (Lipinski definition) is 3. The summed E-state index contributed by atoms with van der Waals surface area (Å²) < 4.78 is 5.40. The number of nitrogens with two attached hydrogens (primary N) is 1. The number of hydrogen-bond donors (Lipinski definition) is 2. The SMILES string of the molecule is COc1cc(C)cc(C)c1C(N)C1(C(=O)O)CCC1. The Labute approximate surface area is 113 Å². The Balaban J connectivity index is 2.49. The third-order valence-electron chi connectivity index (χ3n) is 4.29. The predicted molar refractivity (Wildman–Crippen MR) is 73.3 cm³/mol. The van der Waals surface area contributed by atoms with Gasteiger partial charge in [-0.2, -0.15) is 0 Å². The molecule has 19 heavy (non-hydrogen) atoms. The number of aliphatic carboxylic acids is 1. The van der Waals surface area contributed by atoms with E-state index in [2.05, 4.69) is 0 Å². The molecule has 0 aromatic heterocycles. The monoisotopic (exact) mass is 263 g/mol. The summed E-state index contributed by atoms with van der Waals surface area (Å²) in [5, 5.41) is 9.50. The molecule has 1 fully saturated rings. The van der Waals surface area contributed by atoms with E-state index in [9.17, 15) is 9.90 Å². The first kappa shape index (κ1) is 13.9. The van der Waals surface area contributed by atoms with Gasteiger partial charge in [0, 0.05) is 11.6 Å². The minimum atomic E-state index is -0.826. The molecular formula is C15H21NO3. The predicted octanol–water partition coefficient (Wildman–Crippen LogP) is 2.57. The fraction of sp³-hybridized carbons (Fsp3) is 0.533. The van der Waals surface area contributed by atoms with Gasteiger partial charge in [0.2, 0.25) is 0 Å². The van der Waals surface area contributed by atoms with Gasteiger partial charge in [0.25, 0.3) is 0 Å². The maximum absolute atomic E-state index is 11.6. The van der Waals surface area contributed by atoms with E-state index in [1.165, 1.54) is 0 Å². The average molecular weight is 263 g/mol. The smallest absolute Gasteiger partial charge is 0.311 e. The number of ether oxygens (including phenoxy) is 1. The molecule has 1 aliphatic rings. The van der Waals surface area contributed by atoms with E-state index in [1.54, 1.807) is 7.11 Å². The summed E-state index contributed by atoms with van der Waals surface area (Å²) in [5.74, 6) is -0.106. The van der Waals surface area contributed by atoms with Crippen LogP contribution in [-0.4, -0.2) is 18.2 Å². The second-order valence-corrected chi connectivity index (χ2v) is 5.49. The fourth-order valence-electron chi connectivity index (χ4n) is 3.00. The summed E-state index contributed by atoms with van der Waals surface area (Å²) in [4.78, 5) is 11.6. The van der Waals surface area contributed by atoms with Crippen LogP contribution in [0, 0.1) is 19.3 Å². The molecule has 0 heterocycles. The number of rotatable bonds is 4. The number of carboxylic acids is 1. The van der Waals surface area contributed by atoms with Crippen molar-refractivity contribution in [3.8, 4) is 5.75 Å². The van der Waals surface area contributed by atoms with Crippen molar-refractivity contribution < 1.29 is 14.6 Å². The molecule has 1 atom stereocenters. The van der Waals surface area contributed by atoms with Gasteiger partial charge in [-0.1, -0.05) is 12.5 Å². The summed E-state index contributed by atoms with van der Waals surface area (Å²) in [7, 11) is 1.60. The van der Waals surface area contributed by atoms with E-state index in [0.29, 0.717) is 18.6 Å². The average Bonchev–Trinajstić information content (AvgIpc) is 2.25. The first-order valence-electron chi connectivity index (χ1n) is 6.56. The lowest BCUT2D eigenvalue weighted by Crippen LogP contribution is -2.47. The normalized spacial score (nSPS) is 18.5. The molecule has 1 aromatic carbocycles. The molecule has 0 spiro atoms. The minimum absolute atomic E-state index is 0.519. The molecule has 0 aliphatic heterocycles. The van der Waals surface area contributed by atoms with E-state index in [0.717, 1.165) is 23.1 Å². The molecule has 1 aliphatic carbocycles. The highest BCUT2D eigenvalue weighted by atomic mass is 16.5. The quantitative estimate of drug-likeness (QED) is 0.875. The Kier molecular flexibility index (Phi) is 3.54. The van der Waals surface area contributed by atoms with Crippen LogP contribution in [0.2, 0.25) is 0 Å². The number of benzene rings is 1. The van der Waals surface area contributed by atoms with Gasteiger partial charge in [0.1, 0.15) is 5.75 Å². The van der Waals surface area contributed by atoms with Crippen LogP contribution in [-0.2, 0) is 4.79 Å². The van der Waals surface area contributed by atoms with Crippen LogP contribution in [0.15, 0.2) is 12.1 Å². The Morgan fingerprint density at radius 2 is 2.05 bits per heavy atom. The molecule has 0 amide bonds. The van der Waals surface area contributed by atoms with Crippen molar-refractivity contribution in [2.45, 2.75) is 39.2 Å². The standard InChI is InChI=1S/C15H21NO3/c1-9-7-10(2)12(11(8-9)19-3)13(16)15(14(17)18)5-4-6-15/h7-8,13H,4-6,16H2,1-3H3,(H,17,18). The molecule has 4 heteroatoms. The summed E-state index contributed by atoms with van der Waals surface area (Å²) in [5.41, 5.74) is 8.39. The van der Waals surface area contributed by atoms with E-state index in [-0.39, 0.29) is 0 Å². The van der Waals surface area contributed by atoms with Gasteiger partial charge in [0.15, 0.2) is 0 Å². The van der Waals surface area contributed by atoms with Crippen LogP contribution in [0.25, 0.3) is 0 Å².